The lowest BCUT2D eigenvalue weighted by Gasteiger charge is -2.14. The third kappa shape index (κ3) is 6.71. The van der Waals surface area contributed by atoms with Crippen molar-refractivity contribution in [3.05, 3.63) is 249 Å². The number of aromatic nitrogens is 7. The minimum absolute atomic E-state index is 0.572. The topological polar surface area (TPSA) is 74.3 Å². The van der Waals surface area contributed by atoms with Crippen LogP contribution in [-0.2, 0) is 0 Å². The first-order chi connectivity index (χ1) is 36.7. The number of fused-ring (bicyclic) bond motifs is 12. The molecule has 7 nitrogen and oxygen atoms in total. The molecule has 4 heterocycles. The molecule has 0 N–H and O–H groups in total. The molecule has 0 unspecified atom stereocenters. The Labute approximate surface area is 425 Å². The fourth-order valence-electron chi connectivity index (χ4n) is 11.1. The number of hydrogen-bond acceptors (Lipinski definition) is 5. The fourth-order valence-corrected chi connectivity index (χ4v) is 11.1. The van der Waals surface area contributed by atoms with Crippen LogP contribution in [0.1, 0.15) is 0 Å². The Bertz CT molecular complexity index is 4580. The minimum Gasteiger partial charge on any atom is -0.278 e. The number of benzene rings is 11. The zero-order valence-corrected chi connectivity index (χ0v) is 39.8. The molecule has 15 aromatic rings. The lowest BCUT2D eigenvalue weighted by atomic mass is 9.91. The summed E-state index contributed by atoms with van der Waals surface area (Å²) in [5.74, 6) is 2.45. The molecule has 7 heteroatoms. The third-order valence-electron chi connectivity index (χ3n) is 14.6. The summed E-state index contributed by atoms with van der Waals surface area (Å²) < 4.78 is 4.43. The molecule has 0 fully saturated rings. The van der Waals surface area contributed by atoms with E-state index in [1.165, 1.54) is 32.3 Å². The molecule has 0 aliphatic rings. The van der Waals surface area contributed by atoms with E-state index in [9.17, 15) is 0 Å². The van der Waals surface area contributed by atoms with E-state index in [2.05, 4.69) is 185 Å². The van der Waals surface area contributed by atoms with Crippen LogP contribution in [0.15, 0.2) is 249 Å². The van der Waals surface area contributed by atoms with Gasteiger partial charge in [0.1, 0.15) is 0 Å². The van der Waals surface area contributed by atoms with Crippen molar-refractivity contribution in [2.75, 3.05) is 0 Å². The van der Waals surface area contributed by atoms with Crippen LogP contribution in [0.5, 0.6) is 0 Å². The standard InChI is InChI=1S/C67H41N7/c1-5-19-42(20-6-1)58-41-59(43-21-7-2-8-22-43)69-66(68-58)74-61-32-18-16-30-52(61)57-39-54-50-35-33-46(37-53(50)48-27-13-14-28-49(48)55(54)40-63(57)74)47-34-36-62-56(38-47)51-29-15-17-31-60(51)73(62)67-71-64(44-23-9-3-10-24-44)70-65(72-67)45-25-11-4-12-26-45/h1-41H. The van der Waals surface area contributed by atoms with Gasteiger partial charge >= 0.3 is 0 Å². The highest BCUT2D eigenvalue weighted by Gasteiger charge is 2.22. The van der Waals surface area contributed by atoms with Crippen LogP contribution in [0.4, 0.5) is 0 Å². The van der Waals surface area contributed by atoms with E-state index in [0.717, 1.165) is 88.4 Å². The van der Waals surface area contributed by atoms with Crippen LogP contribution in [-0.4, -0.2) is 34.1 Å². The first-order valence-corrected chi connectivity index (χ1v) is 24.9. The van der Waals surface area contributed by atoms with Gasteiger partial charge in [-0.15, -0.1) is 0 Å². The summed E-state index contributed by atoms with van der Waals surface area (Å²) in [6.07, 6.45) is 0. The van der Waals surface area contributed by atoms with Crippen LogP contribution in [0.25, 0.3) is 144 Å². The van der Waals surface area contributed by atoms with Crippen LogP contribution in [0.2, 0.25) is 0 Å². The van der Waals surface area contributed by atoms with E-state index in [0.29, 0.717) is 23.5 Å². The Hall–Kier alpha value is -10.1. The molecule has 0 aliphatic carbocycles. The molecular formula is C67H41N7. The molecule has 0 spiro atoms. The van der Waals surface area contributed by atoms with E-state index in [4.69, 9.17) is 24.9 Å². The normalized spacial score (nSPS) is 11.8. The van der Waals surface area contributed by atoms with Gasteiger partial charge in [0, 0.05) is 43.8 Å². The average molecular weight is 944 g/mol. The van der Waals surface area contributed by atoms with E-state index in [1.54, 1.807) is 0 Å². The maximum absolute atomic E-state index is 5.33. The summed E-state index contributed by atoms with van der Waals surface area (Å²) in [7, 11) is 0. The van der Waals surface area contributed by atoms with Crippen molar-refractivity contribution in [2.45, 2.75) is 0 Å². The minimum atomic E-state index is 0.572. The fraction of sp³-hybridized carbons (Fsp3) is 0. The molecule has 11 aromatic carbocycles. The summed E-state index contributed by atoms with van der Waals surface area (Å²) in [4.78, 5) is 26.0. The molecule has 344 valence electrons. The smallest absolute Gasteiger partial charge is 0.238 e. The molecule has 0 bridgehead atoms. The largest absolute Gasteiger partial charge is 0.278 e. The quantitative estimate of drug-likeness (QED) is 0.149. The molecule has 15 rings (SSSR count). The van der Waals surface area contributed by atoms with Crippen molar-refractivity contribution in [1.29, 1.82) is 0 Å². The monoisotopic (exact) mass is 943 g/mol. The maximum Gasteiger partial charge on any atom is 0.238 e. The van der Waals surface area contributed by atoms with Crippen molar-refractivity contribution in [3.8, 4) is 68.3 Å². The Morgan fingerprint density at radius 3 is 1.14 bits per heavy atom. The average Bonchev–Trinajstić information content (AvgIpc) is 4.03. The van der Waals surface area contributed by atoms with E-state index < -0.39 is 0 Å². The number of rotatable bonds is 7. The highest BCUT2D eigenvalue weighted by atomic mass is 15.2. The van der Waals surface area contributed by atoms with Gasteiger partial charge in [0.2, 0.25) is 11.9 Å². The molecule has 0 amide bonds. The molecule has 0 saturated carbocycles. The summed E-state index contributed by atoms with van der Waals surface area (Å²) >= 11 is 0. The Balaban J connectivity index is 0.911. The van der Waals surface area contributed by atoms with Crippen molar-refractivity contribution in [2.24, 2.45) is 0 Å². The molecule has 4 aromatic heterocycles. The Morgan fingerprint density at radius 1 is 0.203 bits per heavy atom. The summed E-state index contributed by atoms with van der Waals surface area (Å²) in [6.45, 7) is 0. The second-order valence-corrected chi connectivity index (χ2v) is 18.8. The van der Waals surface area contributed by atoms with Crippen molar-refractivity contribution in [1.82, 2.24) is 34.1 Å². The van der Waals surface area contributed by atoms with Crippen LogP contribution < -0.4 is 0 Å². The zero-order valence-electron chi connectivity index (χ0n) is 39.8. The van der Waals surface area contributed by atoms with Gasteiger partial charge in [0.25, 0.3) is 0 Å². The summed E-state index contributed by atoms with van der Waals surface area (Å²) in [5, 5.41) is 11.7. The number of para-hydroxylation sites is 2. The maximum atomic E-state index is 5.33. The molecule has 0 aliphatic heterocycles. The van der Waals surface area contributed by atoms with Gasteiger partial charge in [-0.3, -0.25) is 9.13 Å². The van der Waals surface area contributed by atoms with Gasteiger partial charge < -0.3 is 0 Å². The van der Waals surface area contributed by atoms with Gasteiger partial charge in [0.15, 0.2) is 11.6 Å². The molecule has 0 saturated heterocycles. The second kappa shape index (κ2) is 16.8. The predicted octanol–water partition coefficient (Wildman–Crippen LogP) is 16.7. The number of nitrogens with zero attached hydrogens (tertiary/aromatic N) is 7. The van der Waals surface area contributed by atoms with Gasteiger partial charge in [-0.2, -0.15) is 9.97 Å². The van der Waals surface area contributed by atoms with Gasteiger partial charge in [-0.1, -0.05) is 200 Å². The van der Waals surface area contributed by atoms with Crippen molar-refractivity contribution in [3.63, 3.8) is 0 Å². The third-order valence-corrected chi connectivity index (χ3v) is 14.6. The van der Waals surface area contributed by atoms with Gasteiger partial charge in [-0.25, -0.2) is 15.0 Å². The lowest BCUT2D eigenvalue weighted by molar-refractivity contribution is 0.953. The lowest BCUT2D eigenvalue weighted by Crippen LogP contribution is -2.06. The zero-order chi connectivity index (χ0) is 48.7. The highest BCUT2D eigenvalue weighted by Crippen LogP contribution is 2.43. The van der Waals surface area contributed by atoms with E-state index in [1.807, 2.05) is 72.8 Å². The molecule has 74 heavy (non-hydrogen) atoms. The predicted molar refractivity (Wildman–Crippen MR) is 304 cm³/mol. The van der Waals surface area contributed by atoms with E-state index >= 15 is 0 Å². The SMILES string of the molecule is c1ccc(-c2cc(-c3ccccc3)nc(-n3c4ccccc4c4cc5c6ccc(-c7ccc8c(c7)c7ccccc7n8-c7nc(-c8ccccc8)nc(-c8ccccc8)n7)cc6c6ccccc6c5cc43)n2)cc1. The second-order valence-electron chi connectivity index (χ2n) is 18.8. The van der Waals surface area contributed by atoms with Crippen LogP contribution >= 0.6 is 0 Å². The highest BCUT2D eigenvalue weighted by molar-refractivity contribution is 6.29. The van der Waals surface area contributed by atoms with Crippen LogP contribution in [0, 0.1) is 0 Å². The molecule has 0 radical (unpaired) electrons. The summed E-state index contributed by atoms with van der Waals surface area (Å²) in [5.41, 5.74) is 12.1. The van der Waals surface area contributed by atoms with Gasteiger partial charge in [-0.05, 0) is 92.0 Å². The summed E-state index contributed by atoms with van der Waals surface area (Å²) in [6, 6.07) is 87.7. The molecule has 0 atom stereocenters. The Morgan fingerprint density at radius 2 is 0.581 bits per heavy atom. The van der Waals surface area contributed by atoms with Crippen molar-refractivity contribution >= 4 is 75.9 Å². The first kappa shape index (κ1) is 41.7. The number of hydrogen-bond donors (Lipinski definition) is 0. The first-order valence-electron chi connectivity index (χ1n) is 24.9. The molecular weight excluding hydrogens is 903 g/mol. The van der Waals surface area contributed by atoms with E-state index in [-0.39, 0.29) is 0 Å². The van der Waals surface area contributed by atoms with Crippen LogP contribution in [0.3, 0.4) is 0 Å². The van der Waals surface area contributed by atoms with Crippen molar-refractivity contribution < 1.29 is 0 Å². The van der Waals surface area contributed by atoms with Gasteiger partial charge in [0.05, 0.1) is 33.5 Å². The Kier molecular flexibility index (Phi) is 9.43.